The molecule has 0 radical (unpaired) electrons. The van der Waals surface area contributed by atoms with Gasteiger partial charge in [0.15, 0.2) is 0 Å². The molecule has 0 bridgehead atoms. The Morgan fingerprint density at radius 2 is 2.36 bits per heavy atom. The van der Waals surface area contributed by atoms with E-state index in [4.69, 9.17) is 11.6 Å². The van der Waals surface area contributed by atoms with Crippen LogP contribution < -0.4 is 0 Å². The van der Waals surface area contributed by atoms with Crippen molar-refractivity contribution < 1.29 is 4.92 Å². The first kappa shape index (κ1) is 11.1. The van der Waals surface area contributed by atoms with E-state index in [1.807, 2.05) is 6.07 Å². The average Bonchev–Trinajstić information content (AvgIpc) is 2.14. The number of hydrogen-bond acceptors (Lipinski definition) is 3. The monoisotopic (exact) mass is 229 g/mol. The lowest BCUT2D eigenvalue weighted by atomic mass is 10.4. The van der Waals surface area contributed by atoms with Crippen molar-refractivity contribution in [3.8, 4) is 0 Å². The molecule has 0 saturated carbocycles. The Kier molecular flexibility index (Phi) is 3.98. The summed E-state index contributed by atoms with van der Waals surface area (Å²) in [5, 5.41) is 12.4. The Hall–Kier alpha value is -1.00. The van der Waals surface area contributed by atoms with E-state index in [1.54, 1.807) is 18.2 Å². The van der Waals surface area contributed by atoms with Crippen molar-refractivity contribution in [1.82, 2.24) is 0 Å². The molecule has 1 aromatic rings. The molecule has 0 aliphatic rings. The maximum absolute atomic E-state index is 10.3. The molecule has 0 heterocycles. The van der Waals surface area contributed by atoms with Crippen LogP contribution in [0.3, 0.4) is 0 Å². The number of halogens is 1. The van der Waals surface area contributed by atoms with Crippen molar-refractivity contribution in [3.63, 3.8) is 0 Å². The van der Waals surface area contributed by atoms with Gasteiger partial charge in [-0.2, -0.15) is 0 Å². The Morgan fingerprint density at radius 3 is 2.93 bits per heavy atom. The molecule has 5 heteroatoms. The van der Waals surface area contributed by atoms with Crippen LogP contribution in [0, 0.1) is 10.1 Å². The summed E-state index contributed by atoms with van der Waals surface area (Å²) in [6.45, 7) is 1.46. The van der Waals surface area contributed by atoms with E-state index in [-0.39, 0.29) is 5.70 Å². The van der Waals surface area contributed by atoms with E-state index in [0.29, 0.717) is 5.02 Å². The van der Waals surface area contributed by atoms with E-state index >= 15 is 0 Å². The second-order valence-corrected chi connectivity index (χ2v) is 3.97. The Bertz CT molecular complexity index is 379. The number of nitrogens with zero attached hydrogens (tertiary/aromatic N) is 1. The second-order valence-electron chi connectivity index (χ2n) is 2.59. The largest absolute Gasteiger partial charge is 0.259 e. The number of rotatable bonds is 3. The molecule has 0 saturated heterocycles. The van der Waals surface area contributed by atoms with E-state index in [1.165, 1.54) is 24.1 Å². The number of thioether (sulfide) groups is 1. The highest BCUT2D eigenvalue weighted by Crippen LogP contribution is 2.23. The van der Waals surface area contributed by atoms with Crippen LogP contribution in [0.15, 0.2) is 40.3 Å². The zero-order valence-electron chi connectivity index (χ0n) is 7.44. The third kappa shape index (κ3) is 3.40. The normalized spacial score (nSPS) is 11.4. The second kappa shape index (κ2) is 5.02. The fraction of sp³-hybridized carbons (Fsp3) is 0.111. The lowest BCUT2D eigenvalue weighted by molar-refractivity contribution is -0.424. The van der Waals surface area contributed by atoms with Gasteiger partial charge < -0.3 is 0 Å². The quantitative estimate of drug-likeness (QED) is 0.452. The molecule has 0 spiro atoms. The third-order valence-electron chi connectivity index (χ3n) is 1.45. The number of allylic oxidation sites excluding steroid dienone is 1. The van der Waals surface area contributed by atoms with Crippen molar-refractivity contribution in [2.45, 2.75) is 11.8 Å². The topological polar surface area (TPSA) is 43.1 Å². The van der Waals surface area contributed by atoms with Gasteiger partial charge in [0.05, 0.1) is 4.92 Å². The van der Waals surface area contributed by atoms with Gasteiger partial charge in [-0.3, -0.25) is 10.1 Å². The standard InChI is InChI=1S/C9H8ClNO2S/c1-7(11(12)13)6-14-9-4-2-3-8(10)5-9/h2-6H,1H3. The first-order valence-corrected chi connectivity index (χ1v) is 5.09. The summed E-state index contributed by atoms with van der Waals surface area (Å²) >= 11 is 7.04. The number of nitro groups is 1. The van der Waals surface area contributed by atoms with Gasteiger partial charge in [0.1, 0.15) is 0 Å². The molecule has 0 atom stereocenters. The highest BCUT2D eigenvalue weighted by atomic mass is 35.5. The predicted molar refractivity (Wildman–Crippen MR) is 58.1 cm³/mol. The zero-order chi connectivity index (χ0) is 10.6. The molecule has 0 amide bonds. The summed E-state index contributed by atoms with van der Waals surface area (Å²) in [6, 6.07) is 7.17. The molecular formula is C9H8ClNO2S. The molecule has 3 nitrogen and oxygen atoms in total. The molecular weight excluding hydrogens is 222 g/mol. The van der Waals surface area contributed by atoms with Crippen molar-refractivity contribution in [2.75, 3.05) is 0 Å². The lowest BCUT2D eigenvalue weighted by Gasteiger charge is -1.95. The van der Waals surface area contributed by atoms with Crippen LogP contribution in [-0.2, 0) is 0 Å². The molecule has 0 aliphatic heterocycles. The van der Waals surface area contributed by atoms with Crippen molar-refractivity contribution in [3.05, 3.63) is 50.5 Å². The van der Waals surface area contributed by atoms with Gasteiger partial charge in [-0.15, -0.1) is 0 Å². The van der Waals surface area contributed by atoms with E-state index < -0.39 is 4.92 Å². The SMILES string of the molecule is CC(=CSc1cccc(Cl)c1)[N+](=O)[O-]. The minimum Gasteiger partial charge on any atom is -0.259 e. The summed E-state index contributed by atoms with van der Waals surface area (Å²) < 4.78 is 0. The fourth-order valence-electron chi connectivity index (χ4n) is 0.737. The van der Waals surface area contributed by atoms with Gasteiger partial charge >= 0.3 is 0 Å². The maximum atomic E-state index is 10.3. The van der Waals surface area contributed by atoms with E-state index in [9.17, 15) is 10.1 Å². The van der Waals surface area contributed by atoms with Gasteiger partial charge in [-0.25, -0.2) is 0 Å². The molecule has 1 rings (SSSR count). The molecule has 1 aromatic carbocycles. The minimum atomic E-state index is -0.419. The number of hydrogen-bond donors (Lipinski definition) is 0. The third-order valence-corrected chi connectivity index (χ3v) is 2.67. The maximum Gasteiger partial charge on any atom is 0.249 e. The van der Waals surface area contributed by atoms with Crippen molar-refractivity contribution in [2.24, 2.45) is 0 Å². The van der Waals surface area contributed by atoms with E-state index in [2.05, 4.69) is 0 Å². The molecule has 0 fully saturated rings. The fourth-order valence-corrected chi connectivity index (χ4v) is 1.74. The highest BCUT2D eigenvalue weighted by Gasteiger charge is 2.01. The summed E-state index contributed by atoms with van der Waals surface area (Å²) in [5.74, 6) is 0. The highest BCUT2D eigenvalue weighted by molar-refractivity contribution is 8.02. The van der Waals surface area contributed by atoms with Gasteiger partial charge in [0, 0.05) is 22.2 Å². The molecule has 0 aromatic heterocycles. The lowest BCUT2D eigenvalue weighted by Crippen LogP contribution is -1.91. The smallest absolute Gasteiger partial charge is 0.249 e. The molecule has 0 aliphatic carbocycles. The van der Waals surface area contributed by atoms with Gasteiger partial charge in [-0.05, 0) is 18.2 Å². The van der Waals surface area contributed by atoms with E-state index in [0.717, 1.165) is 4.90 Å². The summed E-state index contributed by atoms with van der Waals surface area (Å²) in [5.41, 5.74) is 0.120. The van der Waals surface area contributed by atoms with Crippen LogP contribution >= 0.6 is 23.4 Å². The van der Waals surface area contributed by atoms with Crippen LogP contribution in [0.4, 0.5) is 0 Å². The van der Waals surface area contributed by atoms with Crippen LogP contribution in [-0.4, -0.2) is 4.92 Å². The Labute approximate surface area is 90.9 Å². The summed E-state index contributed by atoms with van der Waals surface area (Å²) in [7, 11) is 0. The van der Waals surface area contributed by atoms with Crippen LogP contribution in [0.1, 0.15) is 6.92 Å². The zero-order valence-corrected chi connectivity index (χ0v) is 9.01. The van der Waals surface area contributed by atoms with Crippen LogP contribution in [0.25, 0.3) is 0 Å². The molecule has 14 heavy (non-hydrogen) atoms. The van der Waals surface area contributed by atoms with Crippen molar-refractivity contribution >= 4 is 23.4 Å². The molecule has 74 valence electrons. The first-order chi connectivity index (χ1) is 6.59. The van der Waals surface area contributed by atoms with Crippen LogP contribution in [0.5, 0.6) is 0 Å². The van der Waals surface area contributed by atoms with Gasteiger partial charge in [0.25, 0.3) is 0 Å². The van der Waals surface area contributed by atoms with Gasteiger partial charge in [0.2, 0.25) is 5.70 Å². The van der Waals surface area contributed by atoms with Gasteiger partial charge in [-0.1, -0.05) is 29.4 Å². The predicted octanol–water partition coefficient (Wildman–Crippen LogP) is 3.57. The molecule has 0 unspecified atom stereocenters. The summed E-state index contributed by atoms with van der Waals surface area (Å²) in [6.07, 6.45) is 0. The van der Waals surface area contributed by atoms with Crippen LogP contribution in [0.2, 0.25) is 5.02 Å². The Morgan fingerprint density at radius 1 is 1.64 bits per heavy atom. The molecule has 0 N–H and O–H groups in total. The first-order valence-electron chi connectivity index (χ1n) is 3.83. The average molecular weight is 230 g/mol. The number of benzene rings is 1. The Balaban J connectivity index is 2.71. The van der Waals surface area contributed by atoms with Crippen molar-refractivity contribution in [1.29, 1.82) is 0 Å². The summed E-state index contributed by atoms with van der Waals surface area (Å²) in [4.78, 5) is 10.8. The minimum absolute atomic E-state index is 0.120.